The van der Waals surface area contributed by atoms with Crippen LogP contribution in [0, 0.1) is 22.7 Å². The highest BCUT2D eigenvalue weighted by molar-refractivity contribution is 5.77. The molecule has 1 atom stereocenters. The Morgan fingerprint density at radius 3 is 2.59 bits per heavy atom. The van der Waals surface area contributed by atoms with Crippen LogP contribution in [0.3, 0.4) is 0 Å². The fraction of sp³-hybridized carbons (Fsp3) is 0.577. The SMILES string of the molecule is CC.CC1(C)CCC(COc2nc(C(C#N)C#N)nc(N3CCC(c4[nH]nc5ncccc45)CC3)n2)O1. The smallest absolute Gasteiger partial charge is 0.321 e. The molecule has 2 fully saturated rings. The largest absolute Gasteiger partial charge is 0.461 e. The lowest BCUT2D eigenvalue weighted by Crippen LogP contribution is -2.35. The van der Waals surface area contributed by atoms with Crippen molar-refractivity contribution in [1.82, 2.24) is 30.1 Å². The molecule has 0 saturated carbocycles. The minimum Gasteiger partial charge on any atom is -0.461 e. The van der Waals surface area contributed by atoms with Crippen LogP contribution >= 0.6 is 0 Å². The molecule has 0 aromatic carbocycles. The minimum atomic E-state index is -1.10. The summed E-state index contributed by atoms with van der Waals surface area (Å²) in [5, 5.41) is 27.3. The van der Waals surface area contributed by atoms with Crippen LogP contribution in [0.2, 0.25) is 0 Å². The number of nitriles is 2. The Bertz CT molecular complexity index is 1270. The molecule has 1 N–H and O–H groups in total. The number of anilines is 1. The van der Waals surface area contributed by atoms with Crippen molar-refractivity contribution >= 4 is 17.0 Å². The molecule has 3 aromatic heterocycles. The fourth-order valence-electron chi connectivity index (χ4n) is 4.75. The van der Waals surface area contributed by atoms with Gasteiger partial charge < -0.3 is 14.4 Å². The summed E-state index contributed by atoms with van der Waals surface area (Å²) in [4.78, 5) is 19.6. The number of piperidine rings is 1. The monoisotopic (exact) mass is 503 g/mol. The van der Waals surface area contributed by atoms with Gasteiger partial charge in [-0.1, -0.05) is 13.8 Å². The van der Waals surface area contributed by atoms with Crippen LogP contribution in [0.1, 0.15) is 76.7 Å². The zero-order valence-corrected chi connectivity index (χ0v) is 21.8. The lowest BCUT2D eigenvalue weighted by molar-refractivity contribution is -0.0339. The Morgan fingerprint density at radius 1 is 1.16 bits per heavy atom. The molecular formula is C26H33N9O2. The second-order valence-electron chi connectivity index (χ2n) is 9.59. The molecule has 11 nitrogen and oxygen atoms in total. The van der Waals surface area contributed by atoms with E-state index >= 15 is 0 Å². The molecule has 1 unspecified atom stereocenters. The van der Waals surface area contributed by atoms with Gasteiger partial charge in [0.15, 0.2) is 17.4 Å². The predicted molar refractivity (Wildman–Crippen MR) is 137 cm³/mol. The Morgan fingerprint density at radius 2 is 1.92 bits per heavy atom. The molecular weight excluding hydrogens is 470 g/mol. The zero-order chi connectivity index (χ0) is 26.4. The first kappa shape index (κ1) is 26.2. The van der Waals surface area contributed by atoms with Crippen LogP contribution in [0.25, 0.3) is 11.0 Å². The van der Waals surface area contributed by atoms with Gasteiger partial charge in [-0.15, -0.1) is 0 Å². The van der Waals surface area contributed by atoms with Gasteiger partial charge in [0.05, 0.1) is 23.8 Å². The Balaban J connectivity index is 0.00000156. The maximum absolute atomic E-state index is 9.40. The number of hydrogen-bond acceptors (Lipinski definition) is 10. The number of nitrogens with zero attached hydrogens (tertiary/aromatic N) is 8. The first-order chi connectivity index (χ1) is 18.0. The van der Waals surface area contributed by atoms with Gasteiger partial charge in [-0.25, -0.2) is 4.98 Å². The molecule has 37 heavy (non-hydrogen) atoms. The molecule has 11 heteroatoms. The summed E-state index contributed by atoms with van der Waals surface area (Å²) in [6.07, 6.45) is 5.27. The van der Waals surface area contributed by atoms with E-state index in [1.165, 1.54) is 0 Å². The summed E-state index contributed by atoms with van der Waals surface area (Å²) in [5.74, 6) is -0.258. The predicted octanol–water partition coefficient (Wildman–Crippen LogP) is 4.02. The Labute approximate surface area is 216 Å². The van der Waals surface area contributed by atoms with E-state index in [1.807, 2.05) is 43.0 Å². The second kappa shape index (κ2) is 11.5. The molecule has 0 spiro atoms. The summed E-state index contributed by atoms with van der Waals surface area (Å²) in [5.41, 5.74) is 1.65. The van der Waals surface area contributed by atoms with E-state index in [-0.39, 0.29) is 23.5 Å². The third-order valence-corrected chi connectivity index (χ3v) is 6.63. The fourth-order valence-corrected chi connectivity index (χ4v) is 4.75. The quantitative estimate of drug-likeness (QED) is 0.522. The first-order valence-electron chi connectivity index (χ1n) is 12.9. The first-order valence-corrected chi connectivity index (χ1v) is 12.9. The molecule has 0 amide bonds. The number of aromatic nitrogens is 6. The van der Waals surface area contributed by atoms with Crippen LogP contribution in [-0.4, -0.2) is 61.5 Å². The topological polar surface area (TPSA) is 150 Å². The van der Waals surface area contributed by atoms with Gasteiger partial charge in [-0.2, -0.15) is 30.6 Å². The van der Waals surface area contributed by atoms with Gasteiger partial charge in [0, 0.05) is 36.3 Å². The van der Waals surface area contributed by atoms with Crippen LogP contribution in [0.5, 0.6) is 6.01 Å². The summed E-state index contributed by atoms with van der Waals surface area (Å²) in [6.45, 7) is 9.83. The summed E-state index contributed by atoms with van der Waals surface area (Å²) < 4.78 is 11.9. The number of nitrogens with one attached hydrogen (secondary N) is 1. The van der Waals surface area contributed by atoms with Crippen LogP contribution in [-0.2, 0) is 4.74 Å². The maximum atomic E-state index is 9.40. The average molecular weight is 504 g/mol. The zero-order valence-electron chi connectivity index (χ0n) is 21.8. The van der Waals surface area contributed by atoms with Gasteiger partial charge >= 0.3 is 6.01 Å². The molecule has 5 heterocycles. The third kappa shape index (κ3) is 5.95. The van der Waals surface area contributed by atoms with Gasteiger partial charge in [-0.3, -0.25) is 5.10 Å². The molecule has 194 valence electrons. The number of fused-ring (bicyclic) bond motifs is 1. The van der Waals surface area contributed by atoms with Crippen LogP contribution < -0.4 is 9.64 Å². The van der Waals surface area contributed by atoms with Gasteiger partial charge in [0.25, 0.3) is 0 Å². The number of ether oxygens (including phenoxy) is 2. The third-order valence-electron chi connectivity index (χ3n) is 6.63. The van der Waals surface area contributed by atoms with Crippen LogP contribution in [0.4, 0.5) is 5.95 Å². The lowest BCUT2D eigenvalue weighted by Gasteiger charge is -2.31. The van der Waals surface area contributed by atoms with E-state index in [1.54, 1.807) is 6.20 Å². The van der Waals surface area contributed by atoms with Crippen molar-refractivity contribution in [2.24, 2.45) is 0 Å². The highest BCUT2D eigenvalue weighted by Crippen LogP contribution is 2.33. The molecule has 0 bridgehead atoms. The molecule has 2 aliphatic heterocycles. The number of aromatic amines is 1. The number of pyridine rings is 1. The lowest BCUT2D eigenvalue weighted by atomic mass is 9.92. The van der Waals surface area contributed by atoms with E-state index in [4.69, 9.17) is 9.47 Å². The average Bonchev–Trinajstić information content (AvgIpc) is 3.52. The standard InChI is InChI=1S/C24H27N9O2.C2H6/c1-24(2)8-5-17(35-24)14-34-23-29-20(16(12-25)13-26)28-22(30-23)33-10-6-15(7-11-33)19-18-4-3-9-27-21(18)32-31-19;1-2/h3-4,9,15-17H,5-8,10-11,14H2,1-2H3,(H,27,31,32);1-2H3. The van der Waals surface area contributed by atoms with Gasteiger partial charge in [0.1, 0.15) is 6.61 Å². The van der Waals surface area contributed by atoms with Crippen molar-refractivity contribution in [3.8, 4) is 18.1 Å². The highest BCUT2D eigenvalue weighted by Gasteiger charge is 2.32. The Kier molecular flexibility index (Phi) is 8.14. The number of rotatable bonds is 6. The van der Waals surface area contributed by atoms with Gasteiger partial charge in [0.2, 0.25) is 5.95 Å². The molecule has 2 saturated heterocycles. The number of H-pyrrole nitrogens is 1. The van der Waals surface area contributed by atoms with Crippen LogP contribution in [0.15, 0.2) is 18.3 Å². The van der Waals surface area contributed by atoms with E-state index < -0.39 is 5.92 Å². The minimum absolute atomic E-state index is 0.0501. The molecule has 5 rings (SSSR count). The number of hydrogen-bond donors (Lipinski definition) is 1. The Hall–Kier alpha value is -3.83. The summed E-state index contributed by atoms with van der Waals surface area (Å²) in [6, 6.07) is 7.96. The van der Waals surface area contributed by atoms with Crippen molar-refractivity contribution in [3.05, 3.63) is 29.8 Å². The summed E-state index contributed by atoms with van der Waals surface area (Å²) in [7, 11) is 0. The molecule has 0 aliphatic carbocycles. The van der Waals surface area contributed by atoms with E-state index in [2.05, 4.69) is 44.0 Å². The second-order valence-corrected chi connectivity index (χ2v) is 9.59. The summed E-state index contributed by atoms with van der Waals surface area (Å²) >= 11 is 0. The van der Waals surface area contributed by atoms with E-state index in [0.717, 1.165) is 42.4 Å². The van der Waals surface area contributed by atoms with Crippen molar-refractivity contribution in [3.63, 3.8) is 0 Å². The normalized spacial score (nSPS) is 19.2. The van der Waals surface area contributed by atoms with E-state index in [0.29, 0.717) is 31.6 Å². The molecule has 2 aliphatic rings. The molecule has 3 aromatic rings. The van der Waals surface area contributed by atoms with Gasteiger partial charge in [-0.05, 0) is 51.7 Å². The molecule has 0 radical (unpaired) electrons. The van der Waals surface area contributed by atoms with Crippen molar-refractivity contribution < 1.29 is 9.47 Å². The highest BCUT2D eigenvalue weighted by atomic mass is 16.6. The van der Waals surface area contributed by atoms with Crippen molar-refractivity contribution in [2.75, 3.05) is 24.6 Å². The van der Waals surface area contributed by atoms with Crippen molar-refractivity contribution in [2.45, 2.75) is 76.9 Å². The van der Waals surface area contributed by atoms with Crippen molar-refractivity contribution in [1.29, 1.82) is 10.5 Å². The maximum Gasteiger partial charge on any atom is 0.321 e. The van der Waals surface area contributed by atoms with E-state index in [9.17, 15) is 10.5 Å².